The van der Waals surface area contributed by atoms with Crippen molar-refractivity contribution in [2.75, 3.05) is 14.2 Å². The number of carbonyl (C=O) groups is 3. The lowest BCUT2D eigenvalue weighted by Crippen LogP contribution is -2.54. The molecule has 1 unspecified atom stereocenters. The Morgan fingerprint density at radius 1 is 0.794 bits per heavy atom. The predicted molar refractivity (Wildman–Crippen MR) is 127 cm³/mol. The van der Waals surface area contributed by atoms with Gasteiger partial charge in [0.2, 0.25) is 0 Å². The summed E-state index contributed by atoms with van der Waals surface area (Å²) in [4.78, 5) is 39.0. The van der Waals surface area contributed by atoms with Crippen LogP contribution in [0.4, 0.5) is 0 Å². The van der Waals surface area contributed by atoms with Crippen molar-refractivity contribution in [1.82, 2.24) is 0 Å². The fourth-order valence-corrected chi connectivity index (χ4v) is 4.79. The zero-order chi connectivity index (χ0) is 24.1. The first-order valence-corrected chi connectivity index (χ1v) is 11.3. The van der Waals surface area contributed by atoms with Crippen LogP contribution in [0.25, 0.3) is 10.8 Å². The third kappa shape index (κ3) is 4.53. The number of hydrogen-bond donors (Lipinski definition) is 0. The highest BCUT2D eigenvalue weighted by Gasteiger charge is 2.59. The van der Waals surface area contributed by atoms with Crippen LogP contribution in [0.5, 0.6) is 0 Å². The number of rotatable bonds is 8. The van der Waals surface area contributed by atoms with Gasteiger partial charge in [0, 0.05) is 0 Å². The first kappa shape index (κ1) is 23.5. The van der Waals surface area contributed by atoms with Crippen molar-refractivity contribution < 1.29 is 28.6 Å². The summed E-state index contributed by atoms with van der Waals surface area (Å²) < 4.78 is 15.7. The summed E-state index contributed by atoms with van der Waals surface area (Å²) >= 11 is 0. The van der Waals surface area contributed by atoms with Crippen LogP contribution in [-0.4, -0.2) is 32.1 Å². The second-order valence-corrected chi connectivity index (χ2v) is 8.77. The van der Waals surface area contributed by atoms with E-state index in [0.29, 0.717) is 12.8 Å². The second kappa shape index (κ2) is 10.1. The van der Waals surface area contributed by atoms with E-state index in [1.54, 1.807) is 0 Å². The molecule has 0 aliphatic heterocycles. The summed E-state index contributed by atoms with van der Waals surface area (Å²) in [6.45, 7) is 0.0449. The molecule has 3 aromatic rings. The smallest absolute Gasteiger partial charge is 0.324 e. The Hall–Kier alpha value is -3.67. The maximum atomic E-state index is 13.6. The van der Waals surface area contributed by atoms with Crippen LogP contribution in [0.1, 0.15) is 24.0 Å². The summed E-state index contributed by atoms with van der Waals surface area (Å²) in [6, 6.07) is 23.1. The molecule has 0 radical (unpaired) electrons. The molecule has 0 saturated heterocycles. The number of esters is 3. The van der Waals surface area contributed by atoms with Gasteiger partial charge in [0.05, 0.1) is 20.1 Å². The van der Waals surface area contributed by atoms with Crippen LogP contribution in [0.2, 0.25) is 0 Å². The summed E-state index contributed by atoms with van der Waals surface area (Å²) in [7, 11) is 2.62. The molecule has 1 aliphatic rings. The van der Waals surface area contributed by atoms with E-state index in [9.17, 15) is 14.4 Å². The molecule has 1 aliphatic carbocycles. The molecule has 0 aromatic heterocycles. The van der Waals surface area contributed by atoms with Gasteiger partial charge in [0.1, 0.15) is 6.61 Å². The molecule has 0 bridgehead atoms. The molecular weight excluding hydrogens is 432 g/mol. The molecule has 34 heavy (non-hydrogen) atoms. The second-order valence-electron chi connectivity index (χ2n) is 8.77. The summed E-state index contributed by atoms with van der Waals surface area (Å²) in [5.74, 6) is -2.37. The highest BCUT2D eigenvalue weighted by atomic mass is 16.6. The zero-order valence-corrected chi connectivity index (χ0v) is 19.4. The van der Waals surface area contributed by atoms with Gasteiger partial charge < -0.3 is 14.2 Å². The molecular formula is C28H28O6. The number of fused-ring (bicyclic) bond motifs is 1. The molecule has 4 rings (SSSR count). The fraction of sp³-hybridized carbons (Fsp3) is 0.321. The Kier molecular flexibility index (Phi) is 6.96. The van der Waals surface area contributed by atoms with Crippen LogP contribution in [0.3, 0.4) is 0 Å². The molecule has 0 amide bonds. The quantitative estimate of drug-likeness (QED) is 0.280. The Balaban J connectivity index is 1.68. The van der Waals surface area contributed by atoms with E-state index in [1.165, 1.54) is 14.2 Å². The average Bonchev–Trinajstić information content (AvgIpc) is 2.85. The number of hydrogen-bond acceptors (Lipinski definition) is 6. The number of benzene rings is 3. The van der Waals surface area contributed by atoms with Gasteiger partial charge in [0.25, 0.3) is 0 Å². The lowest BCUT2D eigenvalue weighted by molar-refractivity contribution is -0.184. The predicted octanol–water partition coefficient (Wildman–Crippen LogP) is 4.48. The minimum Gasteiger partial charge on any atom is -0.469 e. The van der Waals surface area contributed by atoms with Gasteiger partial charge >= 0.3 is 17.9 Å². The average molecular weight is 461 g/mol. The number of carbonyl (C=O) groups excluding carboxylic acids is 3. The van der Waals surface area contributed by atoms with Gasteiger partial charge in [-0.2, -0.15) is 0 Å². The molecule has 176 valence electrons. The molecule has 1 fully saturated rings. The van der Waals surface area contributed by atoms with Crippen molar-refractivity contribution in [1.29, 1.82) is 0 Å². The SMILES string of the molecule is COC(=O)C1CC(C(Cc2ccc3ccccc3c2)(C(=O)OC)C(=O)OCc2ccccc2)C1. The first-order chi connectivity index (χ1) is 16.5. The fourth-order valence-electron chi connectivity index (χ4n) is 4.79. The molecule has 1 atom stereocenters. The van der Waals surface area contributed by atoms with Gasteiger partial charge in [-0.3, -0.25) is 14.4 Å². The Labute approximate surface area is 198 Å². The molecule has 0 heterocycles. The maximum Gasteiger partial charge on any atom is 0.324 e. The van der Waals surface area contributed by atoms with E-state index in [4.69, 9.17) is 14.2 Å². The third-order valence-corrected chi connectivity index (χ3v) is 6.79. The number of methoxy groups -OCH3 is 2. The minimum atomic E-state index is -1.56. The molecule has 0 N–H and O–H groups in total. The Morgan fingerprint density at radius 3 is 2.15 bits per heavy atom. The van der Waals surface area contributed by atoms with Crippen LogP contribution in [0, 0.1) is 17.3 Å². The topological polar surface area (TPSA) is 78.9 Å². The van der Waals surface area contributed by atoms with Crippen molar-refractivity contribution in [2.24, 2.45) is 17.3 Å². The van der Waals surface area contributed by atoms with E-state index in [2.05, 4.69) is 0 Å². The van der Waals surface area contributed by atoms with Crippen molar-refractivity contribution in [3.8, 4) is 0 Å². The Morgan fingerprint density at radius 2 is 1.47 bits per heavy atom. The number of ether oxygens (including phenoxy) is 3. The lowest BCUT2D eigenvalue weighted by Gasteiger charge is -2.44. The van der Waals surface area contributed by atoms with Crippen molar-refractivity contribution >= 4 is 28.7 Å². The largest absolute Gasteiger partial charge is 0.469 e. The molecule has 6 nitrogen and oxygen atoms in total. The van der Waals surface area contributed by atoms with Gasteiger partial charge in [-0.1, -0.05) is 72.8 Å². The summed E-state index contributed by atoms with van der Waals surface area (Å²) in [5.41, 5.74) is 0.0832. The van der Waals surface area contributed by atoms with E-state index >= 15 is 0 Å². The lowest BCUT2D eigenvalue weighted by atomic mass is 9.58. The van der Waals surface area contributed by atoms with E-state index in [1.807, 2.05) is 72.8 Å². The third-order valence-electron chi connectivity index (χ3n) is 6.79. The van der Waals surface area contributed by atoms with E-state index in [0.717, 1.165) is 21.9 Å². The van der Waals surface area contributed by atoms with E-state index in [-0.39, 0.29) is 24.9 Å². The maximum absolute atomic E-state index is 13.6. The summed E-state index contributed by atoms with van der Waals surface area (Å²) in [5, 5.41) is 2.08. The van der Waals surface area contributed by atoms with Gasteiger partial charge in [-0.15, -0.1) is 0 Å². The standard InChI is InChI=1S/C28H28O6/c1-32-25(29)23-15-24(16-23)28(26(30)33-2,27(31)34-18-19-8-4-3-5-9-19)17-20-12-13-21-10-6-7-11-22(21)14-20/h3-14,23-24H,15-18H2,1-2H3. The van der Waals surface area contributed by atoms with Gasteiger partial charge in [-0.25, -0.2) is 0 Å². The highest BCUT2D eigenvalue weighted by molar-refractivity contribution is 6.01. The Bertz CT molecular complexity index is 1180. The minimum absolute atomic E-state index is 0.0449. The normalized spacial score (nSPS) is 18.9. The van der Waals surface area contributed by atoms with Crippen LogP contribution < -0.4 is 0 Å². The molecule has 6 heteroatoms. The van der Waals surface area contributed by atoms with Gasteiger partial charge in [0.15, 0.2) is 5.41 Å². The molecule has 0 spiro atoms. The highest BCUT2D eigenvalue weighted by Crippen LogP contribution is 2.49. The van der Waals surface area contributed by atoms with Crippen molar-refractivity contribution in [2.45, 2.75) is 25.9 Å². The van der Waals surface area contributed by atoms with E-state index < -0.39 is 23.3 Å². The molecule has 3 aromatic carbocycles. The van der Waals surface area contributed by atoms with Crippen molar-refractivity contribution in [3.63, 3.8) is 0 Å². The van der Waals surface area contributed by atoms with Crippen LogP contribution >= 0.6 is 0 Å². The van der Waals surface area contributed by atoms with Crippen LogP contribution in [0.15, 0.2) is 72.8 Å². The zero-order valence-electron chi connectivity index (χ0n) is 19.4. The van der Waals surface area contributed by atoms with Crippen molar-refractivity contribution in [3.05, 3.63) is 83.9 Å². The molecule has 1 saturated carbocycles. The van der Waals surface area contributed by atoms with Gasteiger partial charge in [-0.05, 0) is 47.1 Å². The summed E-state index contributed by atoms with van der Waals surface area (Å²) in [6.07, 6.45) is 0.836. The van der Waals surface area contributed by atoms with Crippen LogP contribution in [-0.2, 0) is 41.6 Å². The first-order valence-electron chi connectivity index (χ1n) is 11.3. The monoisotopic (exact) mass is 460 g/mol.